The lowest BCUT2D eigenvalue weighted by Gasteiger charge is -2.42. The molecule has 1 aromatic carbocycles. The molecule has 0 unspecified atom stereocenters. The van der Waals surface area contributed by atoms with Gasteiger partial charge in [0.2, 0.25) is 5.91 Å². The van der Waals surface area contributed by atoms with Gasteiger partial charge < -0.3 is 15.6 Å². The summed E-state index contributed by atoms with van der Waals surface area (Å²) in [5.74, 6) is -0.398. The fraction of sp³-hybridized carbons (Fsp3) is 0.412. The minimum atomic E-state index is -0.264. The fourth-order valence-electron chi connectivity index (χ4n) is 3.11. The van der Waals surface area contributed by atoms with Crippen LogP contribution in [0.5, 0.6) is 0 Å². The van der Waals surface area contributed by atoms with Gasteiger partial charge in [-0.1, -0.05) is 32.0 Å². The Labute approximate surface area is 129 Å². The van der Waals surface area contributed by atoms with Crippen molar-refractivity contribution in [1.29, 1.82) is 0 Å². The van der Waals surface area contributed by atoms with Crippen molar-refractivity contribution >= 4 is 22.7 Å². The Morgan fingerprint density at radius 2 is 2.00 bits per heavy atom. The summed E-state index contributed by atoms with van der Waals surface area (Å²) < 4.78 is 0. The number of aromatic amines is 1. The normalized spacial score (nSPS) is 17.0. The molecule has 1 saturated carbocycles. The number of nitrogens with one attached hydrogen (secondary N) is 3. The number of rotatable bonds is 4. The molecule has 0 radical (unpaired) electrons. The largest absolute Gasteiger partial charge is 0.352 e. The first-order chi connectivity index (χ1) is 10.4. The molecule has 0 saturated heterocycles. The summed E-state index contributed by atoms with van der Waals surface area (Å²) in [6.45, 7) is 4.38. The quantitative estimate of drug-likeness (QED) is 0.809. The second-order valence-corrected chi connectivity index (χ2v) is 6.79. The average molecular weight is 299 g/mol. The number of fused-ring (bicyclic) bond motifs is 1. The molecule has 22 heavy (non-hydrogen) atoms. The summed E-state index contributed by atoms with van der Waals surface area (Å²) in [7, 11) is 0. The second kappa shape index (κ2) is 5.48. The number of hydrogen-bond donors (Lipinski definition) is 3. The molecule has 3 rings (SSSR count). The summed E-state index contributed by atoms with van der Waals surface area (Å²) >= 11 is 0. The van der Waals surface area contributed by atoms with Crippen LogP contribution in [0.4, 0.5) is 0 Å². The molecular formula is C17H21N3O2. The van der Waals surface area contributed by atoms with Gasteiger partial charge in [0.25, 0.3) is 5.91 Å². The van der Waals surface area contributed by atoms with E-state index in [4.69, 9.17) is 0 Å². The molecule has 116 valence electrons. The maximum absolute atomic E-state index is 12.1. The van der Waals surface area contributed by atoms with E-state index >= 15 is 0 Å². The van der Waals surface area contributed by atoms with Crippen molar-refractivity contribution in [2.45, 2.75) is 32.7 Å². The molecule has 1 fully saturated rings. The topological polar surface area (TPSA) is 74.0 Å². The van der Waals surface area contributed by atoms with Crippen molar-refractivity contribution in [2.75, 3.05) is 6.54 Å². The molecule has 1 aliphatic rings. The van der Waals surface area contributed by atoms with E-state index in [-0.39, 0.29) is 24.4 Å². The van der Waals surface area contributed by atoms with Crippen molar-refractivity contribution in [1.82, 2.24) is 15.6 Å². The molecule has 0 spiro atoms. The number of amides is 2. The number of hydrogen-bond acceptors (Lipinski definition) is 2. The van der Waals surface area contributed by atoms with Crippen molar-refractivity contribution < 1.29 is 9.59 Å². The zero-order chi connectivity index (χ0) is 15.7. The van der Waals surface area contributed by atoms with Crippen LogP contribution in [0.25, 0.3) is 10.9 Å². The number of para-hydroxylation sites is 1. The minimum Gasteiger partial charge on any atom is -0.352 e. The van der Waals surface area contributed by atoms with Crippen molar-refractivity contribution in [3.8, 4) is 0 Å². The molecule has 0 atom stereocenters. The van der Waals surface area contributed by atoms with E-state index in [0.29, 0.717) is 11.1 Å². The van der Waals surface area contributed by atoms with Gasteiger partial charge in [-0.05, 0) is 30.4 Å². The third kappa shape index (κ3) is 3.13. The molecule has 1 aliphatic carbocycles. The number of carbonyl (C=O) groups excluding carboxylic acids is 2. The Hall–Kier alpha value is -2.30. The van der Waals surface area contributed by atoms with Gasteiger partial charge in [-0.15, -0.1) is 0 Å². The maximum atomic E-state index is 12.1. The molecule has 5 heteroatoms. The minimum absolute atomic E-state index is 0.00509. The van der Waals surface area contributed by atoms with E-state index in [0.717, 1.165) is 23.7 Å². The summed E-state index contributed by atoms with van der Waals surface area (Å²) in [5.41, 5.74) is 1.71. The van der Waals surface area contributed by atoms with E-state index in [1.54, 1.807) is 6.07 Å². The summed E-state index contributed by atoms with van der Waals surface area (Å²) in [6.07, 6.45) is 1.99. The molecule has 2 aromatic rings. The SMILES string of the molecule is CC1(C)CC(NC(=O)CNC(=O)c2cc3ccccc3[nH]2)C1. The standard InChI is InChI=1S/C17H21N3O2/c1-17(2)8-12(9-17)19-15(21)10-18-16(22)14-7-11-5-3-4-6-13(11)20-14/h3-7,12,20H,8-10H2,1-2H3,(H,18,22)(H,19,21). The summed E-state index contributed by atoms with van der Waals surface area (Å²) in [5, 5.41) is 6.57. The predicted molar refractivity (Wildman–Crippen MR) is 85.6 cm³/mol. The smallest absolute Gasteiger partial charge is 0.268 e. The van der Waals surface area contributed by atoms with Crippen LogP contribution in [-0.2, 0) is 4.79 Å². The highest BCUT2D eigenvalue weighted by molar-refractivity contribution is 5.99. The van der Waals surface area contributed by atoms with E-state index in [1.165, 1.54) is 0 Å². The summed E-state index contributed by atoms with van der Waals surface area (Å²) in [6, 6.07) is 9.72. The Balaban J connectivity index is 1.50. The number of H-pyrrole nitrogens is 1. The molecule has 3 N–H and O–H groups in total. The van der Waals surface area contributed by atoms with Gasteiger partial charge in [0.05, 0.1) is 6.54 Å². The van der Waals surface area contributed by atoms with Gasteiger partial charge >= 0.3 is 0 Å². The first kappa shape index (κ1) is 14.6. The van der Waals surface area contributed by atoms with Gasteiger partial charge in [0.1, 0.15) is 5.69 Å². The highest BCUT2D eigenvalue weighted by atomic mass is 16.2. The number of benzene rings is 1. The van der Waals surface area contributed by atoms with Crippen molar-refractivity contribution in [3.63, 3.8) is 0 Å². The zero-order valence-corrected chi connectivity index (χ0v) is 12.9. The predicted octanol–water partition coefficient (Wildman–Crippen LogP) is 2.20. The van der Waals surface area contributed by atoms with Gasteiger partial charge in [-0.25, -0.2) is 0 Å². The lowest BCUT2D eigenvalue weighted by atomic mass is 9.68. The van der Waals surface area contributed by atoms with Gasteiger partial charge in [0.15, 0.2) is 0 Å². The van der Waals surface area contributed by atoms with E-state index < -0.39 is 0 Å². The molecular weight excluding hydrogens is 278 g/mol. The van der Waals surface area contributed by atoms with Gasteiger partial charge in [-0.2, -0.15) is 0 Å². The third-order valence-corrected chi connectivity index (χ3v) is 4.15. The van der Waals surface area contributed by atoms with Gasteiger partial charge in [-0.3, -0.25) is 9.59 Å². The molecule has 1 heterocycles. The van der Waals surface area contributed by atoms with Crippen LogP contribution < -0.4 is 10.6 Å². The van der Waals surface area contributed by atoms with E-state index in [9.17, 15) is 9.59 Å². The van der Waals surface area contributed by atoms with Crippen LogP contribution >= 0.6 is 0 Å². The summed E-state index contributed by atoms with van der Waals surface area (Å²) in [4.78, 5) is 26.9. The monoisotopic (exact) mass is 299 g/mol. The van der Waals surface area contributed by atoms with Gasteiger partial charge in [0, 0.05) is 16.9 Å². The Morgan fingerprint density at radius 1 is 1.27 bits per heavy atom. The Bertz CT molecular complexity index is 677. The van der Waals surface area contributed by atoms with Crippen molar-refractivity contribution in [3.05, 3.63) is 36.0 Å². The van der Waals surface area contributed by atoms with Crippen LogP contribution in [0.3, 0.4) is 0 Å². The van der Waals surface area contributed by atoms with Crippen LogP contribution in [0.15, 0.2) is 30.3 Å². The Morgan fingerprint density at radius 3 is 2.68 bits per heavy atom. The zero-order valence-electron chi connectivity index (χ0n) is 12.9. The highest BCUT2D eigenvalue weighted by Gasteiger charge is 2.36. The van der Waals surface area contributed by atoms with Crippen LogP contribution in [0.2, 0.25) is 0 Å². The first-order valence-corrected chi connectivity index (χ1v) is 7.58. The average Bonchev–Trinajstić information content (AvgIpc) is 2.86. The van der Waals surface area contributed by atoms with Crippen molar-refractivity contribution in [2.24, 2.45) is 5.41 Å². The molecule has 5 nitrogen and oxygen atoms in total. The molecule has 0 aliphatic heterocycles. The second-order valence-electron chi connectivity index (χ2n) is 6.79. The lowest BCUT2D eigenvalue weighted by Crippen LogP contribution is -2.50. The highest BCUT2D eigenvalue weighted by Crippen LogP contribution is 2.39. The van der Waals surface area contributed by atoms with Crippen LogP contribution in [-0.4, -0.2) is 29.4 Å². The van der Waals surface area contributed by atoms with Crippen LogP contribution in [0.1, 0.15) is 37.2 Å². The molecule has 1 aromatic heterocycles. The Kier molecular flexibility index (Phi) is 3.64. The number of carbonyl (C=O) groups is 2. The molecule has 0 bridgehead atoms. The molecule has 2 amide bonds. The van der Waals surface area contributed by atoms with E-state index in [2.05, 4.69) is 29.5 Å². The van der Waals surface area contributed by atoms with E-state index in [1.807, 2.05) is 24.3 Å². The third-order valence-electron chi connectivity index (χ3n) is 4.15. The fourth-order valence-corrected chi connectivity index (χ4v) is 3.11. The van der Waals surface area contributed by atoms with Crippen LogP contribution in [0, 0.1) is 5.41 Å². The maximum Gasteiger partial charge on any atom is 0.268 e. The lowest BCUT2D eigenvalue weighted by molar-refractivity contribution is -0.122. The number of aromatic nitrogens is 1. The first-order valence-electron chi connectivity index (χ1n) is 7.58.